The highest BCUT2D eigenvalue weighted by molar-refractivity contribution is 7.91. The van der Waals surface area contributed by atoms with E-state index in [-0.39, 0.29) is 17.3 Å². The highest BCUT2D eigenvalue weighted by Gasteiger charge is 2.27. The van der Waals surface area contributed by atoms with E-state index >= 15 is 0 Å². The molecule has 0 spiro atoms. The Kier molecular flexibility index (Phi) is 4.36. The molecule has 1 fully saturated rings. The molecule has 6 nitrogen and oxygen atoms in total. The van der Waals surface area contributed by atoms with E-state index in [1.165, 1.54) is 0 Å². The van der Waals surface area contributed by atoms with Crippen LogP contribution in [-0.2, 0) is 25.6 Å². The van der Waals surface area contributed by atoms with Crippen LogP contribution in [0.5, 0.6) is 0 Å². The van der Waals surface area contributed by atoms with Crippen molar-refractivity contribution in [3.8, 4) is 0 Å². The lowest BCUT2D eigenvalue weighted by atomic mass is 10.2. The Morgan fingerprint density at radius 3 is 2.50 bits per heavy atom. The van der Waals surface area contributed by atoms with Gasteiger partial charge < -0.3 is 5.73 Å². The first-order chi connectivity index (χ1) is 9.26. The third-order valence-corrected chi connectivity index (χ3v) is 6.37. The summed E-state index contributed by atoms with van der Waals surface area (Å²) in [7, 11) is -6.68. The second kappa shape index (κ2) is 5.71. The first-order valence-electron chi connectivity index (χ1n) is 6.31. The van der Waals surface area contributed by atoms with E-state index in [2.05, 4.69) is 4.72 Å². The van der Waals surface area contributed by atoms with Crippen molar-refractivity contribution in [3.05, 3.63) is 29.8 Å². The number of sulfone groups is 1. The van der Waals surface area contributed by atoms with Gasteiger partial charge in [0, 0.05) is 11.7 Å². The monoisotopic (exact) mass is 318 g/mol. The second-order valence-corrected chi connectivity index (χ2v) is 9.05. The molecule has 0 amide bonds. The molecule has 1 unspecified atom stereocenters. The molecule has 0 aromatic heterocycles. The van der Waals surface area contributed by atoms with E-state index in [1.54, 1.807) is 24.3 Å². The van der Waals surface area contributed by atoms with Gasteiger partial charge in [0.15, 0.2) is 9.84 Å². The molecule has 1 aliphatic heterocycles. The first-order valence-corrected chi connectivity index (χ1v) is 9.78. The molecule has 0 radical (unpaired) electrons. The summed E-state index contributed by atoms with van der Waals surface area (Å²) in [5.41, 5.74) is 6.72. The van der Waals surface area contributed by atoms with Crippen LogP contribution in [0.4, 0.5) is 5.69 Å². The summed E-state index contributed by atoms with van der Waals surface area (Å²) >= 11 is 0. The predicted octanol–water partition coefficient (Wildman–Crippen LogP) is 0.265. The standard InChI is InChI=1S/C12H18N2O4S2/c13-11-5-3-10(4-6-11)8-20(17,18)14-12-2-1-7-19(15,16)9-12/h3-6,12,14H,1-2,7-9,13H2. The largest absolute Gasteiger partial charge is 0.399 e. The highest BCUT2D eigenvalue weighted by atomic mass is 32.2. The van der Waals surface area contributed by atoms with Gasteiger partial charge in [0.2, 0.25) is 10.0 Å². The summed E-state index contributed by atoms with van der Waals surface area (Å²) in [6.07, 6.45) is 1.05. The number of benzene rings is 1. The van der Waals surface area contributed by atoms with Crippen LogP contribution < -0.4 is 10.5 Å². The molecule has 1 aromatic rings. The third kappa shape index (κ3) is 4.46. The molecule has 112 valence electrons. The molecular formula is C12H18N2O4S2. The van der Waals surface area contributed by atoms with E-state index in [0.717, 1.165) is 0 Å². The minimum Gasteiger partial charge on any atom is -0.399 e. The Hall–Kier alpha value is -1.12. The summed E-state index contributed by atoms with van der Waals surface area (Å²) in [5.74, 6) is -0.152. The van der Waals surface area contributed by atoms with Crippen LogP contribution in [0, 0.1) is 0 Å². The Labute approximate surface area is 119 Å². The van der Waals surface area contributed by atoms with E-state index in [0.29, 0.717) is 24.1 Å². The summed E-state index contributed by atoms with van der Waals surface area (Å²) < 4.78 is 49.5. The number of anilines is 1. The molecule has 1 aliphatic rings. The van der Waals surface area contributed by atoms with Crippen molar-refractivity contribution in [1.29, 1.82) is 0 Å². The Balaban J connectivity index is 2.02. The van der Waals surface area contributed by atoms with Crippen molar-refractivity contribution in [1.82, 2.24) is 4.72 Å². The number of nitrogens with two attached hydrogens (primary N) is 1. The van der Waals surface area contributed by atoms with E-state index in [1.807, 2.05) is 0 Å². The Bertz CT molecular complexity index is 666. The van der Waals surface area contributed by atoms with Gasteiger partial charge in [-0.2, -0.15) is 0 Å². The fourth-order valence-corrected chi connectivity index (χ4v) is 5.41. The zero-order chi connectivity index (χ0) is 14.8. The lowest BCUT2D eigenvalue weighted by Crippen LogP contribution is -2.43. The molecular weight excluding hydrogens is 300 g/mol. The van der Waals surface area contributed by atoms with Gasteiger partial charge in [0.1, 0.15) is 0 Å². The van der Waals surface area contributed by atoms with Gasteiger partial charge in [-0.05, 0) is 30.5 Å². The summed E-state index contributed by atoms with van der Waals surface area (Å²) in [5, 5.41) is 0. The minimum atomic E-state index is -3.55. The van der Waals surface area contributed by atoms with Crippen molar-refractivity contribution in [2.45, 2.75) is 24.6 Å². The number of rotatable bonds is 4. The number of hydrogen-bond acceptors (Lipinski definition) is 5. The molecule has 8 heteroatoms. The second-order valence-electron chi connectivity index (χ2n) is 5.07. The summed E-state index contributed by atoms with van der Waals surface area (Å²) in [4.78, 5) is 0. The molecule has 1 aromatic carbocycles. The van der Waals surface area contributed by atoms with Gasteiger partial charge in [0.25, 0.3) is 0 Å². The van der Waals surface area contributed by atoms with Gasteiger partial charge in [-0.25, -0.2) is 21.6 Å². The van der Waals surface area contributed by atoms with Crippen molar-refractivity contribution < 1.29 is 16.8 Å². The number of hydrogen-bond donors (Lipinski definition) is 2. The fraction of sp³-hybridized carbons (Fsp3) is 0.500. The van der Waals surface area contributed by atoms with Crippen LogP contribution in [0.25, 0.3) is 0 Å². The average Bonchev–Trinajstić information content (AvgIpc) is 2.30. The molecule has 20 heavy (non-hydrogen) atoms. The summed E-state index contributed by atoms with van der Waals surface area (Å²) in [6, 6.07) is 6.04. The van der Waals surface area contributed by atoms with Gasteiger partial charge in [0.05, 0.1) is 17.3 Å². The number of sulfonamides is 1. The molecule has 1 heterocycles. The van der Waals surface area contributed by atoms with E-state index in [9.17, 15) is 16.8 Å². The molecule has 0 bridgehead atoms. The van der Waals surface area contributed by atoms with Crippen LogP contribution in [0.15, 0.2) is 24.3 Å². The third-order valence-electron chi connectivity index (χ3n) is 3.15. The molecule has 0 aliphatic carbocycles. The maximum Gasteiger partial charge on any atom is 0.216 e. The van der Waals surface area contributed by atoms with Gasteiger partial charge in [-0.3, -0.25) is 0 Å². The van der Waals surface area contributed by atoms with Crippen LogP contribution in [0.3, 0.4) is 0 Å². The molecule has 1 saturated heterocycles. The molecule has 1 atom stereocenters. The van der Waals surface area contributed by atoms with Crippen molar-refractivity contribution >= 4 is 25.5 Å². The summed E-state index contributed by atoms with van der Waals surface area (Å²) in [6.45, 7) is 0. The van der Waals surface area contributed by atoms with Crippen molar-refractivity contribution in [2.24, 2.45) is 0 Å². The normalized spacial score (nSPS) is 22.5. The van der Waals surface area contributed by atoms with Gasteiger partial charge >= 0.3 is 0 Å². The van der Waals surface area contributed by atoms with Crippen LogP contribution >= 0.6 is 0 Å². The van der Waals surface area contributed by atoms with E-state index in [4.69, 9.17) is 5.73 Å². The molecule has 0 saturated carbocycles. The Morgan fingerprint density at radius 2 is 1.90 bits per heavy atom. The van der Waals surface area contributed by atoms with Crippen LogP contribution in [0.1, 0.15) is 18.4 Å². The van der Waals surface area contributed by atoms with Crippen molar-refractivity contribution in [3.63, 3.8) is 0 Å². The fourth-order valence-electron chi connectivity index (χ4n) is 2.24. The Morgan fingerprint density at radius 1 is 1.25 bits per heavy atom. The number of nitrogen functional groups attached to an aromatic ring is 1. The smallest absolute Gasteiger partial charge is 0.216 e. The average molecular weight is 318 g/mol. The minimum absolute atomic E-state index is 0.117. The van der Waals surface area contributed by atoms with Crippen LogP contribution in [0.2, 0.25) is 0 Å². The maximum atomic E-state index is 12.0. The molecule has 2 rings (SSSR count). The maximum absolute atomic E-state index is 12.0. The van der Waals surface area contributed by atoms with Crippen LogP contribution in [-0.4, -0.2) is 34.4 Å². The quantitative estimate of drug-likeness (QED) is 0.775. The zero-order valence-electron chi connectivity index (χ0n) is 10.9. The lowest BCUT2D eigenvalue weighted by Gasteiger charge is -2.22. The first kappa shape index (κ1) is 15.3. The highest BCUT2D eigenvalue weighted by Crippen LogP contribution is 2.14. The molecule has 3 N–H and O–H groups in total. The van der Waals surface area contributed by atoms with Gasteiger partial charge in [-0.15, -0.1) is 0 Å². The van der Waals surface area contributed by atoms with E-state index < -0.39 is 25.9 Å². The SMILES string of the molecule is Nc1ccc(CS(=O)(=O)NC2CCCS(=O)(=O)C2)cc1. The topological polar surface area (TPSA) is 106 Å². The van der Waals surface area contributed by atoms with Crippen molar-refractivity contribution in [2.75, 3.05) is 17.2 Å². The van der Waals surface area contributed by atoms with Gasteiger partial charge in [-0.1, -0.05) is 12.1 Å². The zero-order valence-corrected chi connectivity index (χ0v) is 12.6. The lowest BCUT2D eigenvalue weighted by molar-refractivity contribution is 0.517. The number of nitrogens with one attached hydrogen (secondary N) is 1. The predicted molar refractivity (Wildman–Crippen MR) is 78.3 cm³/mol.